The minimum atomic E-state index is -3.98. The van der Waals surface area contributed by atoms with Crippen LogP contribution >= 0.6 is 0 Å². The van der Waals surface area contributed by atoms with Gasteiger partial charge in [-0.05, 0) is 38.5 Å². The topological polar surface area (TPSA) is 83.9 Å². The molecule has 0 unspecified atom stereocenters. The molecule has 0 heterocycles. The first-order valence-electron chi connectivity index (χ1n) is 5.92. The number of hydrogen-bond acceptors (Lipinski definition) is 4. The van der Waals surface area contributed by atoms with Crippen molar-refractivity contribution in [2.24, 2.45) is 0 Å². The second kappa shape index (κ2) is 5.41. The molecule has 0 radical (unpaired) electrons. The van der Waals surface area contributed by atoms with E-state index in [-0.39, 0.29) is 10.6 Å². The van der Waals surface area contributed by atoms with E-state index in [9.17, 15) is 13.2 Å². The predicted octanol–water partition coefficient (Wildman–Crippen LogP) is 1.49. The average molecular weight is 301 g/mol. The van der Waals surface area contributed by atoms with E-state index in [0.29, 0.717) is 0 Å². The van der Waals surface area contributed by atoms with Crippen LogP contribution < -0.4 is 4.74 Å². The molecule has 0 saturated carbocycles. The summed E-state index contributed by atoms with van der Waals surface area (Å²) in [5.41, 5.74) is -0.820. The largest absolute Gasteiger partial charge is 0.495 e. The maximum atomic E-state index is 12.6. The summed E-state index contributed by atoms with van der Waals surface area (Å²) in [6, 6.07) is 4.73. The zero-order valence-electron chi connectivity index (χ0n) is 12.2. The summed E-state index contributed by atoms with van der Waals surface area (Å²) in [5.74, 6) is -1.04. The van der Waals surface area contributed by atoms with Crippen molar-refractivity contribution in [3.8, 4) is 5.75 Å². The van der Waals surface area contributed by atoms with Gasteiger partial charge in [-0.2, -0.15) is 4.31 Å². The van der Waals surface area contributed by atoms with Gasteiger partial charge in [-0.3, -0.25) is 4.79 Å². The van der Waals surface area contributed by atoms with Gasteiger partial charge in [-0.1, -0.05) is 6.07 Å². The van der Waals surface area contributed by atoms with Gasteiger partial charge in [-0.15, -0.1) is 0 Å². The third-order valence-electron chi connectivity index (χ3n) is 3.27. The minimum absolute atomic E-state index is 0.0446. The van der Waals surface area contributed by atoms with Gasteiger partial charge in [0, 0.05) is 7.05 Å². The van der Waals surface area contributed by atoms with Gasteiger partial charge in [0.25, 0.3) is 0 Å². The first-order valence-corrected chi connectivity index (χ1v) is 7.36. The Hall–Kier alpha value is -1.60. The quantitative estimate of drug-likeness (QED) is 0.890. The maximum absolute atomic E-state index is 12.6. The van der Waals surface area contributed by atoms with Crippen LogP contribution in [-0.4, -0.2) is 43.5 Å². The van der Waals surface area contributed by atoms with E-state index in [1.54, 1.807) is 19.1 Å². The fourth-order valence-corrected chi connectivity index (χ4v) is 3.28. The van der Waals surface area contributed by atoms with Crippen LogP contribution in [0.3, 0.4) is 0 Å². The molecule has 0 aliphatic carbocycles. The van der Waals surface area contributed by atoms with Crippen molar-refractivity contribution in [3.63, 3.8) is 0 Å². The SMILES string of the molecule is COc1ccc(C)cc1S(=O)(=O)N(C)C(C)(C)C(=O)O. The molecule has 0 atom stereocenters. The third kappa shape index (κ3) is 2.78. The summed E-state index contributed by atoms with van der Waals surface area (Å²) in [6.45, 7) is 4.41. The van der Waals surface area contributed by atoms with E-state index in [0.717, 1.165) is 9.87 Å². The summed E-state index contributed by atoms with van der Waals surface area (Å²) in [4.78, 5) is 11.2. The first-order chi connectivity index (χ1) is 9.05. The molecular formula is C13H19NO5S. The Labute approximate surface area is 119 Å². The highest BCUT2D eigenvalue weighted by molar-refractivity contribution is 7.89. The fraction of sp³-hybridized carbons (Fsp3) is 0.462. The molecule has 0 aliphatic heterocycles. The summed E-state index contributed by atoms with van der Waals surface area (Å²) >= 11 is 0. The summed E-state index contributed by atoms with van der Waals surface area (Å²) in [5, 5.41) is 9.17. The van der Waals surface area contributed by atoms with Crippen molar-refractivity contribution in [1.29, 1.82) is 0 Å². The van der Waals surface area contributed by atoms with Crippen LogP contribution in [0.4, 0.5) is 0 Å². The number of benzene rings is 1. The van der Waals surface area contributed by atoms with Crippen molar-refractivity contribution in [3.05, 3.63) is 23.8 Å². The minimum Gasteiger partial charge on any atom is -0.495 e. The summed E-state index contributed by atoms with van der Waals surface area (Å²) in [7, 11) is -1.37. The lowest BCUT2D eigenvalue weighted by Crippen LogP contribution is -2.50. The Morgan fingerprint density at radius 2 is 1.90 bits per heavy atom. The van der Waals surface area contributed by atoms with E-state index in [2.05, 4.69) is 0 Å². The predicted molar refractivity (Wildman–Crippen MR) is 74.4 cm³/mol. The number of likely N-dealkylation sites (N-methyl/N-ethyl adjacent to an activating group) is 1. The number of rotatable bonds is 5. The van der Waals surface area contributed by atoms with Gasteiger partial charge in [0.1, 0.15) is 16.2 Å². The number of aryl methyl sites for hydroxylation is 1. The van der Waals surface area contributed by atoms with Crippen LogP contribution in [0.2, 0.25) is 0 Å². The zero-order valence-corrected chi connectivity index (χ0v) is 13.0. The van der Waals surface area contributed by atoms with E-state index in [4.69, 9.17) is 9.84 Å². The molecule has 0 bridgehead atoms. The van der Waals surface area contributed by atoms with Crippen molar-refractivity contribution < 1.29 is 23.1 Å². The number of aliphatic carboxylic acids is 1. The Balaban J connectivity index is 3.45. The van der Waals surface area contributed by atoms with Crippen LogP contribution in [0.1, 0.15) is 19.4 Å². The highest BCUT2D eigenvalue weighted by atomic mass is 32.2. The Morgan fingerprint density at radius 1 is 1.35 bits per heavy atom. The van der Waals surface area contributed by atoms with Crippen LogP contribution in [-0.2, 0) is 14.8 Å². The molecule has 0 saturated heterocycles. The molecule has 1 N–H and O–H groups in total. The van der Waals surface area contributed by atoms with Crippen LogP contribution in [0.15, 0.2) is 23.1 Å². The van der Waals surface area contributed by atoms with Crippen LogP contribution in [0.25, 0.3) is 0 Å². The second-order valence-electron chi connectivity index (χ2n) is 4.99. The molecular weight excluding hydrogens is 282 g/mol. The number of carboxylic acids is 1. The van der Waals surface area contributed by atoms with E-state index in [1.807, 2.05) is 0 Å². The number of nitrogens with zero attached hydrogens (tertiary/aromatic N) is 1. The van der Waals surface area contributed by atoms with Crippen molar-refractivity contribution in [2.45, 2.75) is 31.2 Å². The lowest BCUT2D eigenvalue weighted by atomic mass is 10.1. The molecule has 6 nitrogen and oxygen atoms in total. The van der Waals surface area contributed by atoms with Gasteiger partial charge in [-0.25, -0.2) is 8.42 Å². The molecule has 1 aromatic rings. The molecule has 0 amide bonds. The molecule has 1 aromatic carbocycles. The Morgan fingerprint density at radius 3 is 2.35 bits per heavy atom. The smallest absolute Gasteiger partial charge is 0.324 e. The molecule has 112 valence electrons. The number of carboxylic acid groups (broad SMARTS) is 1. The highest BCUT2D eigenvalue weighted by Crippen LogP contribution is 2.30. The zero-order chi connectivity index (χ0) is 15.7. The number of methoxy groups -OCH3 is 1. The lowest BCUT2D eigenvalue weighted by molar-refractivity contribution is -0.145. The molecule has 0 fully saturated rings. The molecule has 7 heteroatoms. The standard InChI is InChI=1S/C13H19NO5S/c1-9-6-7-10(19-5)11(8-9)20(17,18)14(4)13(2,3)12(15)16/h6-8H,1-5H3,(H,15,16). The monoisotopic (exact) mass is 301 g/mol. The molecule has 0 spiro atoms. The fourth-order valence-electron chi connectivity index (χ4n) is 1.57. The average Bonchev–Trinajstić information content (AvgIpc) is 2.37. The van der Waals surface area contributed by atoms with Crippen molar-refractivity contribution >= 4 is 16.0 Å². The normalized spacial score (nSPS) is 12.5. The third-order valence-corrected chi connectivity index (χ3v) is 5.32. The van der Waals surface area contributed by atoms with Gasteiger partial charge in [0.15, 0.2) is 0 Å². The van der Waals surface area contributed by atoms with Crippen LogP contribution in [0.5, 0.6) is 5.75 Å². The van der Waals surface area contributed by atoms with Crippen molar-refractivity contribution in [1.82, 2.24) is 4.31 Å². The van der Waals surface area contributed by atoms with E-state index >= 15 is 0 Å². The number of sulfonamides is 1. The molecule has 1 rings (SSSR count). The van der Waals surface area contributed by atoms with Gasteiger partial charge in [0.2, 0.25) is 10.0 Å². The molecule has 20 heavy (non-hydrogen) atoms. The summed E-state index contributed by atoms with van der Waals surface area (Å²) < 4.78 is 31.1. The number of ether oxygens (including phenoxy) is 1. The maximum Gasteiger partial charge on any atom is 0.324 e. The molecule has 0 aromatic heterocycles. The van der Waals surface area contributed by atoms with Gasteiger partial charge < -0.3 is 9.84 Å². The van der Waals surface area contributed by atoms with Crippen LogP contribution in [0, 0.1) is 6.92 Å². The second-order valence-corrected chi connectivity index (χ2v) is 6.93. The molecule has 0 aliphatic rings. The van der Waals surface area contributed by atoms with Crippen molar-refractivity contribution in [2.75, 3.05) is 14.2 Å². The van der Waals surface area contributed by atoms with Gasteiger partial charge >= 0.3 is 5.97 Å². The lowest BCUT2D eigenvalue weighted by Gasteiger charge is -2.31. The highest BCUT2D eigenvalue weighted by Gasteiger charge is 2.41. The van der Waals surface area contributed by atoms with E-state index in [1.165, 1.54) is 34.1 Å². The number of carbonyl (C=O) groups is 1. The van der Waals surface area contributed by atoms with E-state index < -0.39 is 21.5 Å². The Bertz CT molecular complexity index is 622. The number of hydrogen-bond donors (Lipinski definition) is 1. The summed E-state index contributed by atoms with van der Waals surface area (Å²) in [6.07, 6.45) is 0. The van der Waals surface area contributed by atoms with Gasteiger partial charge in [0.05, 0.1) is 7.11 Å². The Kier molecular flexibility index (Phi) is 4.45. The first kappa shape index (κ1) is 16.5.